The average molecular weight is 287 g/mol. The molecule has 0 saturated carbocycles. The van der Waals surface area contributed by atoms with Gasteiger partial charge in [0.2, 0.25) is 0 Å². The first kappa shape index (κ1) is 13.8. The van der Waals surface area contributed by atoms with Crippen LogP contribution in [0, 0.1) is 10.1 Å². The zero-order valence-electron chi connectivity index (χ0n) is 7.84. The molecule has 0 saturated heterocycles. The molecule has 94 valence electrons. The third kappa shape index (κ3) is 3.33. The highest BCUT2D eigenvalue weighted by atomic mass is 33.1. The van der Waals surface area contributed by atoms with Crippen LogP contribution in [-0.2, 0) is 8.87 Å². The molecule has 10 heteroatoms. The monoisotopic (exact) mass is 287 g/mol. The lowest BCUT2D eigenvalue weighted by Crippen LogP contribution is -2.19. The lowest BCUT2D eigenvalue weighted by atomic mass is 10.3. The molecule has 0 aromatic heterocycles. The van der Waals surface area contributed by atoms with Crippen molar-refractivity contribution in [2.24, 2.45) is 0 Å². The molecule has 0 heterocycles. The fourth-order valence-electron chi connectivity index (χ4n) is 0.797. The molecule has 0 radical (unpaired) electrons. The van der Waals surface area contributed by atoms with Crippen molar-refractivity contribution in [1.82, 2.24) is 0 Å². The van der Waals surface area contributed by atoms with E-state index in [0.717, 1.165) is 24.3 Å². The molecule has 1 aromatic carbocycles. The molecule has 0 bridgehead atoms. The summed E-state index contributed by atoms with van der Waals surface area (Å²) >= 11 is 0. The van der Waals surface area contributed by atoms with Crippen LogP contribution in [0.4, 0.5) is 18.9 Å². The van der Waals surface area contributed by atoms with Gasteiger partial charge in [-0.2, -0.15) is 13.2 Å². The van der Waals surface area contributed by atoms with Gasteiger partial charge in [0.15, 0.2) is 0 Å². The van der Waals surface area contributed by atoms with Gasteiger partial charge < -0.3 is 0 Å². The molecule has 0 aliphatic carbocycles. The number of halogens is 3. The number of nitrogens with zero attached hydrogens (tertiary/aromatic N) is 1. The number of benzene rings is 1. The lowest BCUT2D eigenvalue weighted by Gasteiger charge is -2.06. The molecule has 0 aliphatic heterocycles. The number of hydrogen-bond donors (Lipinski definition) is 0. The molecule has 5 nitrogen and oxygen atoms in total. The van der Waals surface area contributed by atoms with Gasteiger partial charge in [-0.25, -0.2) is 8.42 Å². The van der Waals surface area contributed by atoms with Crippen LogP contribution >= 0.6 is 10.8 Å². The largest absolute Gasteiger partial charge is 0.507 e. The van der Waals surface area contributed by atoms with E-state index in [4.69, 9.17) is 0 Å². The summed E-state index contributed by atoms with van der Waals surface area (Å²) in [5, 5.41) is 10.3. The van der Waals surface area contributed by atoms with Gasteiger partial charge in [-0.3, -0.25) is 10.1 Å². The first-order valence-electron chi connectivity index (χ1n) is 3.89. The van der Waals surface area contributed by atoms with Gasteiger partial charge in [0.05, 0.1) is 4.92 Å². The minimum atomic E-state index is -5.36. The average Bonchev–Trinajstić information content (AvgIpc) is 2.16. The Balaban J connectivity index is 2.95. The number of nitro groups is 1. The second-order valence-corrected chi connectivity index (χ2v) is 6.56. The number of nitro benzene ring substituents is 1. The zero-order chi connectivity index (χ0) is 13.3. The molecule has 1 rings (SSSR count). The Hall–Kier alpha value is -1.29. The summed E-state index contributed by atoms with van der Waals surface area (Å²) < 4.78 is 57.5. The fourth-order valence-corrected chi connectivity index (χ4v) is 2.77. The standard InChI is InChI=1S/C7H4F3NO4S2/c8-7(9,10)17(14,15)16-6-3-1-5(2-4-6)11(12)13/h1-4H. The lowest BCUT2D eigenvalue weighted by molar-refractivity contribution is -0.384. The van der Waals surface area contributed by atoms with Gasteiger partial charge in [-0.15, -0.1) is 0 Å². The highest BCUT2D eigenvalue weighted by Gasteiger charge is 2.46. The van der Waals surface area contributed by atoms with Crippen molar-refractivity contribution in [2.75, 3.05) is 0 Å². The molecule has 0 aliphatic rings. The van der Waals surface area contributed by atoms with Gasteiger partial charge in [-0.1, -0.05) is 0 Å². The summed E-state index contributed by atoms with van der Waals surface area (Å²) in [5.74, 6) is 0. The van der Waals surface area contributed by atoms with E-state index in [1.54, 1.807) is 0 Å². The van der Waals surface area contributed by atoms with E-state index in [0.29, 0.717) is 0 Å². The summed E-state index contributed by atoms with van der Waals surface area (Å²) in [4.78, 5) is 9.27. The van der Waals surface area contributed by atoms with Gasteiger partial charge in [0.25, 0.3) is 5.69 Å². The molecule has 0 amide bonds. The van der Waals surface area contributed by atoms with Gasteiger partial charge >= 0.3 is 14.4 Å². The van der Waals surface area contributed by atoms with Crippen LogP contribution < -0.4 is 0 Å². The van der Waals surface area contributed by atoms with Crippen molar-refractivity contribution in [2.45, 2.75) is 10.4 Å². The number of hydrogen-bond acceptors (Lipinski definition) is 5. The molecule has 0 atom stereocenters. The molecule has 0 fully saturated rings. The maximum atomic E-state index is 12.0. The molecular formula is C7H4F3NO4S2. The Labute approximate surface area is 97.1 Å². The second-order valence-electron chi connectivity index (χ2n) is 2.73. The Morgan fingerprint density at radius 3 is 2.00 bits per heavy atom. The molecule has 0 unspecified atom stereocenters. The van der Waals surface area contributed by atoms with E-state index in [2.05, 4.69) is 0 Å². The fraction of sp³-hybridized carbons (Fsp3) is 0.143. The first-order valence-corrected chi connectivity index (χ1v) is 6.70. The highest BCUT2D eigenvalue weighted by molar-refractivity contribution is 8.72. The van der Waals surface area contributed by atoms with Gasteiger partial charge in [-0.05, 0) is 12.1 Å². The second kappa shape index (κ2) is 4.53. The van der Waals surface area contributed by atoms with Crippen LogP contribution in [0.15, 0.2) is 29.2 Å². The molecule has 0 spiro atoms. The summed E-state index contributed by atoms with van der Waals surface area (Å²) in [7, 11) is -5.74. The van der Waals surface area contributed by atoms with Crippen molar-refractivity contribution in [3.8, 4) is 0 Å². The third-order valence-corrected chi connectivity index (χ3v) is 4.59. The first-order chi connectivity index (χ1) is 7.63. The molecular weight excluding hydrogens is 283 g/mol. The van der Waals surface area contributed by atoms with Crippen LogP contribution in [0.25, 0.3) is 0 Å². The summed E-state index contributed by atoms with van der Waals surface area (Å²) in [6.07, 6.45) is 0. The van der Waals surface area contributed by atoms with Crippen LogP contribution in [0.2, 0.25) is 0 Å². The van der Waals surface area contributed by atoms with Crippen molar-refractivity contribution >= 4 is 25.4 Å². The van der Waals surface area contributed by atoms with Crippen molar-refractivity contribution < 1.29 is 26.5 Å². The highest BCUT2D eigenvalue weighted by Crippen LogP contribution is 2.37. The number of non-ortho nitro benzene ring substituents is 1. The predicted molar refractivity (Wildman–Crippen MR) is 53.9 cm³/mol. The summed E-state index contributed by atoms with van der Waals surface area (Å²) in [5.41, 5.74) is -5.70. The third-order valence-electron chi connectivity index (χ3n) is 1.54. The van der Waals surface area contributed by atoms with Gasteiger partial charge in [0.1, 0.15) is 0 Å². The van der Waals surface area contributed by atoms with Gasteiger partial charge in [0, 0.05) is 27.8 Å². The van der Waals surface area contributed by atoms with E-state index in [1.165, 1.54) is 0 Å². The summed E-state index contributed by atoms with van der Waals surface area (Å²) in [6, 6.07) is 3.72. The van der Waals surface area contributed by atoms with E-state index in [9.17, 15) is 31.7 Å². The Bertz CT molecular complexity index is 523. The van der Waals surface area contributed by atoms with Crippen molar-refractivity contribution in [3.63, 3.8) is 0 Å². The minimum absolute atomic E-state index is 0.243. The van der Waals surface area contributed by atoms with Crippen LogP contribution in [0.1, 0.15) is 0 Å². The van der Waals surface area contributed by atoms with Crippen LogP contribution in [0.5, 0.6) is 0 Å². The normalized spacial score (nSPS) is 12.4. The number of rotatable bonds is 3. The summed E-state index contributed by atoms with van der Waals surface area (Å²) in [6.45, 7) is 0. The van der Waals surface area contributed by atoms with Crippen LogP contribution in [-0.4, -0.2) is 18.8 Å². The predicted octanol–water partition coefficient (Wildman–Crippen LogP) is 2.54. The Morgan fingerprint density at radius 1 is 1.18 bits per heavy atom. The van der Waals surface area contributed by atoms with E-state index in [1.807, 2.05) is 0 Å². The SMILES string of the molecule is O=[N+]([O-])c1ccc(SS(=O)(=O)C(F)(F)F)cc1. The van der Waals surface area contributed by atoms with E-state index < -0.39 is 30.1 Å². The van der Waals surface area contributed by atoms with E-state index in [-0.39, 0.29) is 10.6 Å². The zero-order valence-corrected chi connectivity index (χ0v) is 9.47. The maximum absolute atomic E-state index is 12.0. The molecule has 0 N–H and O–H groups in total. The number of alkyl halides is 3. The Kier molecular flexibility index (Phi) is 3.67. The minimum Gasteiger partial charge on any atom is -0.258 e. The topological polar surface area (TPSA) is 77.3 Å². The smallest absolute Gasteiger partial charge is 0.258 e. The van der Waals surface area contributed by atoms with Crippen molar-refractivity contribution in [3.05, 3.63) is 34.4 Å². The van der Waals surface area contributed by atoms with Crippen LogP contribution in [0.3, 0.4) is 0 Å². The Morgan fingerprint density at radius 2 is 1.65 bits per heavy atom. The van der Waals surface area contributed by atoms with Crippen molar-refractivity contribution in [1.29, 1.82) is 0 Å². The van der Waals surface area contributed by atoms with E-state index >= 15 is 0 Å². The molecule has 17 heavy (non-hydrogen) atoms. The quantitative estimate of drug-likeness (QED) is 0.485. The molecule has 1 aromatic rings. The maximum Gasteiger partial charge on any atom is 0.507 e.